The summed E-state index contributed by atoms with van der Waals surface area (Å²) in [4.78, 5) is 24.2. The molecule has 0 heterocycles. The van der Waals surface area contributed by atoms with Crippen LogP contribution >= 0.6 is 23.2 Å². The van der Waals surface area contributed by atoms with Crippen molar-refractivity contribution in [2.45, 2.75) is 0 Å². The van der Waals surface area contributed by atoms with Crippen molar-refractivity contribution in [2.24, 2.45) is 5.10 Å². The third-order valence-corrected chi connectivity index (χ3v) is 4.56. The van der Waals surface area contributed by atoms with E-state index in [-0.39, 0.29) is 12.4 Å². The second-order valence-corrected chi connectivity index (χ2v) is 7.22. The van der Waals surface area contributed by atoms with Crippen molar-refractivity contribution >= 4 is 41.3 Å². The number of nitrogens with one attached hydrogen (secondary N) is 1. The van der Waals surface area contributed by atoms with E-state index in [1.54, 1.807) is 66.7 Å². The first-order valence-electron chi connectivity index (χ1n) is 9.30. The van der Waals surface area contributed by atoms with Crippen molar-refractivity contribution < 1.29 is 23.8 Å². The number of halogens is 2. The van der Waals surface area contributed by atoms with E-state index in [0.29, 0.717) is 32.7 Å². The molecule has 0 radical (unpaired) electrons. The zero-order chi connectivity index (χ0) is 22.9. The maximum absolute atomic E-state index is 12.3. The van der Waals surface area contributed by atoms with Crippen LogP contribution in [0.2, 0.25) is 10.0 Å². The summed E-state index contributed by atoms with van der Waals surface area (Å²) in [7, 11) is 1.45. The second kappa shape index (κ2) is 11.2. The standard InChI is InChI=1S/C23H18Cl2N2O5/c1-30-21-12-15(2-11-20(21)32-23(29)16-3-5-17(24)6-4-16)13-26-27-22(28)14-31-19-9-7-18(25)8-10-19/h2-13H,14H2,1H3,(H,27,28). The fourth-order valence-corrected chi connectivity index (χ4v) is 2.74. The van der Waals surface area contributed by atoms with E-state index < -0.39 is 11.9 Å². The van der Waals surface area contributed by atoms with Gasteiger partial charge in [-0.3, -0.25) is 4.79 Å². The largest absolute Gasteiger partial charge is 0.493 e. The number of benzene rings is 3. The molecule has 9 heteroatoms. The minimum atomic E-state index is -0.547. The number of rotatable bonds is 8. The molecule has 1 amide bonds. The minimum absolute atomic E-state index is 0.206. The Kier molecular flexibility index (Phi) is 8.08. The minimum Gasteiger partial charge on any atom is -0.493 e. The summed E-state index contributed by atoms with van der Waals surface area (Å²) in [5, 5.41) is 4.98. The monoisotopic (exact) mass is 472 g/mol. The molecule has 3 aromatic carbocycles. The van der Waals surface area contributed by atoms with Gasteiger partial charge in [-0.2, -0.15) is 5.10 Å². The topological polar surface area (TPSA) is 86.2 Å². The first-order chi connectivity index (χ1) is 15.4. The molecule has 164 valence electrons. The molecule has 7 nitrogen and oxygen atoms in total. The molecular weight excluding hydrogens is 455 g/mol. The Bertz CT molecular complexity index is 1120. The zero-order valence-corrected chi connectivity index (χ0v) is 18.4. The lowest BCUT2D eigenvalue weighted by Crippen LogP contribution is -2.24. The van der Waals surface area contributed by atoms with Gasteiger partial charge in [-0.05, 0) is 72.3 Å². The first kappa shape index (κ1) is 23.1. The molecule has 0 spiro atoms. The van der Waals surface area contributed by atoms with E-state index in [1.165, 1.54) is 13.3 Å². The first-order valence-corrected chi connectivity index (χ1v) is 10.1. The number of amides is 1. The van der Waals surface area contributed by atoms with Gasteiger partial charge in [0, 0.05) is 10.0 Å². The Morgan fingerprint density at radius 1 is 0.938 bits per heavy atom. The average molecular weight is 473 g/mol. The summed E-state index contributed by atoms with van der Waals surface area (Å²) in [6, 6.07) is 17.8. The van der Waals surface area contributed by atoms with Gasteiger partial charge in [-0.1, -0.05) is 23.2 Å². The van der Waals surface area contributed by atoms with Crippen LogP contribution in [0, 0.1) is 0 Å². The van der Waals surface area contributed by atoms with Gasteiger partial charge in [-0.15, -0.1) is 0 Å². The number of hydrazone groups is 1. The van der Waals surface area contributed by atoms with Gasteiger partial charge in [0.1, 0.15) is 5.75 Å². The zero-order valence-electron chi connectivity index (χ0n) is 16.9. The van der Waals surface area contributed by atoms with Crippen molar-refractivity contribution in [1.82, 2.24) is 5.43 Å². The Morgan fingerprint density at radius 3 is 2.25 bits per heavy atom. The Balaban J connectivity index is 1.55. The number of hydrogen-bond acceptors (Lipinski definition) is 6. The summed E-state index contributed by atoms with van der Waals surface area (Å²) in [5.41, 5.74) is 3.34. The number of hydrogen-bond donors (Lipinski definition) is 1. The van der Waals surface area contributed by atoms with Crippen LogP contribution < -0.4 is 19.6 Å². The molecule has 0 unspecified atom stereocenters. The summed E-state index contributed by atoms with van der Waals surface area (Å²) < 4.78 is 16.0. The van der Waals surface area contributed by atoms with E-state index >= 15 is 0 Å². The van der Waals surface area contributed by atoms with Gasteiger partial charge in [0.25, 0.3) is 5.91 Å². The van der Waals surface area contributed by atoms with Crippen LogP contribution in [0.5, 0.6) is 17.2 Å². The summed E-state index contributed by atoms with van der Waals surface area (Å²) in [6.07, 6.45) is 1.42. The highest BCUT2D eigenvalue weighted by Gasteiger charge is 2.13. The van der Waals surface area contributed by atoms with Crippen LogP contribution in [0.1, 0.15) is 15.9 Å². The van der Waals surface area contributed by atoms with E-state index in [2.05, 4.69) is 10.5 Å². The van der Waals surface area contributed by atoms with E-state index in [4.69, 9.17) is 37.4 Å². The lowest BCUT2D eigenvalue weighted by atomic mass is 10.2. The smallest absolute Gasteiger partial charge is 0.343 e. The number of carbonyl (C=O) groups excluding carboxylic acids is 2. The highest BCUT2D eigenvalue weighted by atomic mass is 35.5. The molecule has 3 aromatic rings. The van der Waals surface area contributed by atoms with Gasteiger partial charge in [0.15, 0.2) is 18.1 Å². The van der Waals surface area contributed by atoms with Crippen LogP contribution in [-0.4, -0.2) is 31.8 Å². The number of nitrogens with zero attached hydrogens (tertiary/aromatic N) is 1. The third kappa shape index (κ3) is 6.73. The van der Waals surface area contributed by atoms with Gasteiger partial charge >= 0.3 is 5.97 Å². The van der Waals surface area contributed by atoms with E-state index in [0.717, 1.165) is 0 Å². The molecule has 0 aromatic heterocycles. The number of ether oxygens (including phenoxy) is 3. The molecule has 1 N–H and O–H groups in total. The molecular formula is C23H18Cl2N2O5. The van der Waals surface area contributed by atoms with Crippen LogP contribution in [0.15, 0.2) is 71.8 Å². The second-order valence-electron chi connectivity index (χ2n) is 6.34. The van der Waals surface area contributed by atoms with Gasteiger partial charge in [0.2, 0.25) is 0 Å². The summed E-state index contributed by atoms with van der Waals surface area (Å²) in [5.74, 6) is 0.103. The van der Waals surface area contributed by atoms with Crippen molar-refractivity contribution in [3.63, 3.8) is 0 Å². The predicted octanol–water partition coefficient (Wildman–Crippen LogP) is 4.75. The molecule has 0 atom stereocenters. The number of methoxy groups -OCH3 is 1. The maximum atomic E-state index is 12.3. The Labute approximate surface area is 194 Å². The average Bonchev–Trinajstić information content (AvgIpc) is 2.80. The fraction of sp³-hybridized carbons (Fsp3) is 0.0870. The molecule has 0 aliphatic heterocycles. The Hall–Kier alpha value is -3.55. The molecule has 32 heavy (non-hydrogen) atoms. The SMILES string of the molecule is COc1cc(C=NNC(=O)COc2ccc(Cl)cc2)ccc1OC(=O)c1ccc(Cl)cc1. The molecule has 0 saturated carbocycles. The molecule has 0 aliphatic rings. The van der Waals surface area contributed by atoms with Crippen LogP contribution in [0.25, 0.3) is 0 Å². The Morgan fingerprint density at radius 2 is 1.59 bits per heavy atom. The highest BCUT2D eigenvalue weighted by Crippen LogP contribution is 2.28. The lowest BCUT2D eigenvalue weighted by Gasteiger charge is -2.10. The summed E-state index contributed by atoms with van der Waals surface area (Å²) >= 11 is 11.6. The van der Waals surface area contributed by atoms with Gasteiger partial charge in [0.05, 0.1) is 18.9 Å². The molecule has 0 aliphatic carbocycles. The van der Waals surface area contributed by atoms with Crippen LogP contribution in [0.4, 0.5) is 0 Å². The lowest BCUT2D eigenvalue weighted by molar-refractivity contribution is -0.123. The molecule has 0 bridgehead atoms. The maximum Gasteiger partial charge on any atom is 0.343 e. The van der Waals surface area contributed by atoms with Crippen molar-refractivity contribution in [1.29, 1.82) is 0 Å². The van der Waals surface area contributed by atoms with E-state index in [9.17, 15) is 9.59 Å². The van der Waals surface area contributed by atoms with Crippen molar-refractivity contribution in [3.8, 4) is 17.2 Å². The predicted molar refractivity (Wildman–Crippen MR) is 122 cm³/mol. The van der Waals surface area contributed by atoms with Gasteiger partial charge < -0.3 is 14.2 Å². The van der Waals surface area contributed by atoms with Crippen molar-refractivity contribution in [3.05, 3.63) is 87.9 Å². The van der Waals surface area contributed by atoms with Crippen LogP contribution in [-0.2, 0) is 4.79 Å². The highest BCUT2D eigenvalue weighted by molar-refractivity contribution is 6.30. The molecule has 3 rings (SSSR count). The normalized spacial score (nSPS) is 10.6. The van der Waals surface area contributed by atoms with Crippen molar-refractivity contribution in [2.75, 3.05) is 13.7 Å². The third-order valence-electron chi connectivity index (χ3n) is 4.06. The number of carbonyl (C=O) groups is 2. The van der Waals surface area contributed by atoms with E-state index in [1.807, 2.05) is 0 Å². The fourth-order valence-electron chi connectivity index (χ4n) is 2.48. The molecule has 0 saturated heterocycles. The number of esters is 1. The van der Waals surface area contributed by atoms with Gasteiger partial charge in [-0.25, -0.2) is 10.2 Å². The van der Waals surface area contributed by atoms with Crippen LogP contribution in [0.3, 0.4) is 0 Å². The molecule has 0 fully saturated rings. The quantitative estimate of drug-likeness (QED) is 0.221. The summed E-state index contributed by atoms with van der Waals surface area (Å²) in [6.45, 7) is -0.206.